The number of rotatable bonds is 5. The summed E-state index contributed by atoms with van der Waals surface area (Å²) < 4.78 is 0. The summed E-state index contributed by atoms with van der Waals surface area (Å²) in [5, 5.41) is 1.72. The van der Waals surface area contributed by atoms with Crippen LogP contribution in [0.2, 0.25) is 15.1 Å². The largest absolute Gasteiger partial charge is 0.298 e. The monoisotopic (exact) mass is 344 g/mol. The first-order valence-electron chi connectivity index (χ1n) is 5.89. The molecule has 0 aliphatic rings. The quantitative estimate of drug-likeness (QED) is 0.661. The van der Waals surface area contributed by atoms with Crippen LogP contribution >= 0.6 is 46.6 Å². The van der Waals surface area contributed by atoms with E-state index in [1.807, 2.05) is 18.2 Å². The van der Waals surface area contributed by atoms with E-state index in [9.17, 15) is 4.79 Å². The molecular weight excluding hydrogens is 335 g/mol. The van der Waals surface area contributed by atoms with Crippen LogP contribution < -0.4 is 0 Å². The first-order chi connectivity index (χ1) is 9.56. The van der Waals surface area contributed by atoms with Crippen molar-refractivity contribution in [3.63, 3.8) is 0 Å². The van der Waals surface area contributed by atoms with E-state index in [0.717, 1.165) is 4.90 Å². The van der Waals surface area contributed by atoms with Crippen LogP contribution in [-0.4, -0.2) is 11.5 Å². The highest BCUT2D eigenvalue weighted by Crippen LogP contribution is 2.26. The number of ketones is 1. The molecule has 20 heavy (non-hydrogen) atoms. The number of Topliss-reactive ketones (excluding diaryl/α,β-unsaturated/α-hetero) is 1. The maximum Gasteiger partial charge on any atom is 0.147 e. The summed E-state index contributed by atoms with van der Waals surface area (Å²) in [6.07, 6.45) is 0.242. The normalized spacial score (nSPS) is 10.6. The van der Waals surface area contributed by atoms with Gasteiger partial charge in [0.2, 0.25) is 0 Å². The molecule has 0 amide bonds. The van der Waals surface area contributed by atoms with Gasteiger partial charge in [0.05, 0.1) is 5.75 Å². The minimum absolute atomic E-state index is 0.0741. The lowest BCUT2D eigenvalue weighted by molar-refractivity contribution is -0.116. The molecule has 0 heterocycles. The predicted molar refractivity (Wildman–Crippen MR) is 87.3 cm³/mol. The van der Waals surface area contributed by atoms with Crippen molar-refractivity contribution in [2.24, 2.45) is 0 Å². The van der Waals surface area contributed by atoms with E-state index >= 15 is 0 Å². The molecule has 1 nitrogen and oxygen atoms in total. The fourth-order valence-electron chi connectivity index (χ4n) is 1.67. The zero-order valence-electron chi connectivity index (χ0n) is 10.4. The Labute approximate surface area is 137 Å². The number of halogens is 3. The Kier molecular flexibility index (Phi) is 5.79. The number of hydrogen-bond acceptors (Lipinski definition) is 2. The Morgan fingerprint density at radius 1 is 1.00 bits per heavy atom. The first kappa shape index (κ1) is 15.7. The summed E-state index contributed by atoms with van der Waals surface area (Å²) in [6, 6.07) is 12.7. The Balaban J connectivity index is 1.96. The SMILES string of the molecule is O=C(CSc1cccc(Cl)c1)Cc1c(Cl)cccc1Cl. The van der Waals surface area contributed by atoms with E-state index < -0.39 is 0 Å². The van der Waals surface area contributed by atoms with E-state index in [-0.39, 0.29) is 12.2 Å². The van der Waals surface area contributed by atoms with Gasteiger partial charge in [0, 0.05) is 26.4 Å². The van der Waals surface area contributed by atoms with Gasteiger partial charge < -0.3 is 0 Å². The lowest BCUT2D eigenvalue weighted by atomic mass is 10.1. The van der Waals surface area contributed by atoms with Gasteiger partial charge in [-0.3, -0.25) is 4.79 Å². The van der Waals surface area contributed by atoms with Crippen LogP contribution in [0.15, 0.2) is 47.4 Å². The van der Waals surface area contributed by atoms with Crippen LogP contribution in [0.1, 0.15) is 5.56 Å². The van der Waals surface area contributed by atoms with E-state index in [1.54, 1.807) is 24.3 Å². The molecule has 0 aromatic heterocycles. The number of hydrogen-bond donors (Lipinski definition) is 0. The maximum atomic E-state index is 12.0. The number of benzene rings is 2. The highest BCUT2D eigenvalue weighted by molar-refractivity contribution is 8.00. The van der Waals surface area contributed by atoms with E-state index in [4.69, 9.17) is 34.8 Å². The third-order valence-corrected chi connectivity index (χ3v) is 4.63. The molecule has 0 spiro atoms. The standard InChI is InChI=1S/C15H11Cl3OS/c16-10-3-1-4-12(7-10)20-9-11(19)8-13-14(17)5-2-6-15(13)18/h1-7H,8-9H2. The van der Waals surface area contributed by atoms with Crippen LogP contribution in [0.3, 0.4) is 0 Å². The average Bonchev–Trinajstić information content (AvgIpc) is 2.41. The van der Waals surface area contributed by atoms with Gasteiger partial charge in [0.1, 0.15) is 5.78 Å². The van der Waals surface area contributed by atoms with Gasteiger partial charge in [-0.25, -0.2) is 0 Å². The number of carbonyl (C=O) groups excluding carboxylic acids is 1. The van der Waals surface area contributed by atoms with Crippen molar-refractivity contribution >= 4 is 52.3 Å². The Bertz CT molecular complexity index is 608. The molecule has 0 saturated carbocycles. The lowest BCUT2D eigenvalue weighted by Crippen LogP contribution is -2.06. The van der Waals surface area contributed by atoms with Gasteiger partial charge in [0.25, 0.3) is 0 Å². The van der Waals surface area contributed by atoms with E-state index in [1.165, 1.54) is 11.8 Å². The van der Waals surface area contributed by atoms with Gasteiger partial charge in [-0.2, -0.15) is 0 Å². The second-order valence-corrected chi connectivity index (χ2v) is 6.46. The molecule has 0 aliphatic heterocycles. The molecule has 0 atom stereocenters. The molecule has 0 aliphatic carbocycles. The van der Waals surface area contributed by atoms with Crippen molar-refractivity contribution in [2.45, 2.75) is 11.3 Å². The van der Waals surface area contributed by atoms with Crippen LogP contribution in [0.5, 0.6) is 0 Å². The second-order valence-electron chi connectivity index (χ2n) is 4.16. The summed E-state index contributed by atoms with van der Waals surface area (Å²) >= 11 is 19.5. The molecule has 0 radical (unpaired) electrons. The first-order valence-corrected chi connectivity index (χ1v) is 8.01. The smallest absolute Gasteiger partial charge is 0.147 e. The van der Waals surface area contributed by atoms with Crippen molar-refractivity contribution in [2.75, 3.05) is 5.75 Å². The van der Waals surface area contributed by atoms with Gasteiger partial charge in [0.15, 0.2) is 0 Å². The molecule has 0 fully saturated rings. The Morgan fingerprint density at radius 3 is 2.30 bits per heavy atom. The fourth-order valence-corrected chi connectivity index (χ4v) is 3.27. The summed E-state index contributed by atoms with van der Waals surface area (Å²) in [6.45, 7) is 0. The maximum absolute atomic E-state index is 12.0. The second kappa shape index (κ2) is 7.37. The Hall–Kier alpha value is -0.670. The zero-order chi connectivity index (χ0) is 14.5. The number of carbonyl (C=O) groups is 1. The average molecular weight is 346 g/mol. The highest BCUT2D eigenvalue weighted by Gasteiger charge is 2.11. The minimum Gasteiger partial charge on any atom is -0.298 e. The van der Waals surface area contributed by atoms with E-state index in [2.05, 4.69) is 0 Å². The highest BCUT2D eigenvalue weighted by atomic mass is 35.5. The van der Waals surface area contributed by atoms with E-state index in [0.29, 0.717) is 26.4 Å². The molecule has 2 rings (SSSR count). The summed E-state index contributed by atoms with van der Waals surface area (Å²) in [5.74, 6) is 0.437. The number of thioether (sulfide) groups is 1. The van der Waals surface area contributed by atoms with Crippen molar-refractivity contribution in [3.8, 4) is 0 Å². The van der Waals surface area contributed by atoms with Crippen molar-refractivity contribution < 1.29 is 4.79 Å². The van der Waals surface area contributed by atoms with Crippen molar-refractivity contribution in [1.29, 1.82) is 0 Å². The predicted octanol–water partition coefficient (Wildman–Crippen LogP) is 5.55. The van der Waals surface area contributed by atoms with Crippen LogP contribution in [-0.2, 0) is 11.2 Å². The van der Waals surface area contributed by atoms with Gasteiger partial charge in [-0.15, -0.1) is 11.8 Å². The summed E-state index contributed by atoms with van der Waals surface area (Å²) in [7, 11) is 0. The molecule has 0 bridgehead atoms. The van der Waals surface area contributed by atoms with Gasteiger partial charge in [-0.05, 0) is 35.9 Å². The van der Waals surface area contributed by atoms with Crippen LogP contribution in [0.25, 0.3) is 0 Å². The van der Waals surface area contributed by atoms with Crippen LogP contribution in [0.4, 0.5) is 0 Å². The van der Waals surface area contributed by atoms with Crippen molar-refractivity contribution in [1.82, 2.24) is 0 Å². The third kappa shape index (κ3) is 4.42. The summed E-state index contributed by atoms with van der Waals surface area (Å²) in [4.78, 5) is 13.0. The Morgan fingerprint density at radius 2 is 1.65 bits per heavy atom. The molecular formula is C15H11Cl3OS. The topological polar surface area (TPSA) is 17.1 Å². The molecule has 104 valence electrons. The fraction of sp³-hybridized carbons (Fsp3) is 0.133. The molecule has 2 aromatic carbocycles. The minimum atomic E-state index is 0.0741. The van der Waals surface area contributed by atoms with Crippen molar-refractivity contribution in [3.05, 3.63) is 63.1 Å². The molecule has 0 unspecified atom stereocenters. The summed E-state index contributed by atoms with van der Waals surface area (Å²) in [5.41, 5.74) is 0.688. The van der Waals surface area contributed by atoms with Gasteiger partial charge >= 0.3 is 0 Å². The molecule has 0 saturated heterocycles. The zero-order valence-corrected chi connectivity index (χ0v) is 13.5. The lowest BCUT2D eigenvalue weighted by Gasteiger charge is -2.06. The molecule has 2 aromatic rings. The molecule has 0 N–H and O–H groups in total. The van der Waals surface area contributed by atoms with Gasteiger partial charge in [-0.1, -0.05) is 46.9 Å². The van der Waals surface area contributed by atoms with Crippen LogP contribution in [0, 0.1) is 0 Å². The third-order valence-electron chi connectivity index (χ3n) is 2.63. The molecule has 5 heteroatoms.